The molecule has 2 heteroatoms. The maximum atomic E-state index is 12.4. The number of nitrogens with zero attached hydrogens (tertiary/aromatic N) is 1. The van der Waals surface area contributed by atoms with Crippen LogP contribution in [-0.4, -0.2) is 23.4 Å². The molecule has 4 aliphatic carbocycles. The summed E-state index contributed by atoms with van der Waals surface area (Å²) in [6.07, 6.45) is 19.8. The highest BCUT2D eigenvalue weighted by atomic mass is 16.2. The first-order valence-electron chi connectivity index (χ1n) is 14.7. The number of hydrogen-bond acceptors (Lipinski definition) is 1. The number of carbonyl (C=O) groups excluding carboxylic acids is 1. The minimum Gasteiger partial charge on any atom is -0.339 e. The van der Waals surface area contributed by atoms with Gasteiger partial charge in [0.15, 0.2) is 0 Å². The van der Waals surface area contributed by atoms with Crippen LogP contribution in [-0.2, 0) is 4.79 Å². The molecule has 3 saturated carbocycles. The van der Waals surface area contributed by atoms with E-state index in [0.717, 1.165) is 54.9 Å². The van der Waals surface area contributed by atoms with Gasteiger partial charge >= 0.3 is 0 Å². The number of allylic oxidation sites excluding steroid dienone is 1. The first kappa shape index (κ1) is 23.9. The highest BCUT2D eigenvalue weighted by molar-refractivity contribution is 5.78. The van der Waals surface area contributed by atoms with Gasteiger partial charge in [0.1, 0.15) is 0 Å². The van der Waals surface area contributed by atoms with Crippen molar-refractivity contribution in [3.05, 3.63) is 11.6 Å². The average Bonchev–Trinajstić information content (AvgIpc) is 3.35. The van der Waals surface area contributed by atoms with E-state index in [-0.39, 0.29) is 0 Å². The Balaban J connectivity index is 1.29. The SMILES string of the molecule is CC(C)CCCC(C)C1CCC2C3CC=C4CC(N5CCCC5=O)CCC4(C)C3CCC12C. The van der Waals surface area contributed by atoms with Crippen molar-refractivity contribution >= 4 is 5.91 Å². The Kier molecular flexibility index (Phi) is 6.54. The molecule has 8 unspecified atom stereocenters. The van der Waals surface area contributed by atoms with Crippen molar-refractivity contribution in [1.29, 1.82) is 0 Å². The summed E-state index contributed by atoms with van der Waals surface area (Å²) in [4.78, 5) is 14.6. The van der Waals surface area contributed by atoms with Gasteiger partial charge in [0.2, 0.25) is 5.91 Å². The van der Waals surface area contributed by atoms with Gasteiger partial charge in [0.05, 0.1) is 0 Å². The second kappa shape index (κ2) is 9.02. The summed E-state index contributed by atoms with van der Waals surface area (Å²) in [6.45, 7) is 13.7. The van der Waals surface area contributed by atoms with Crippen LogP contribution in [0.25, 0.3) is 0 Å². The smallest absolute Gasteiger partial charge is 0.222 e. The fraction of sp³-hybridized carbons (Fsp3) is 0.903. The average molecular weight is 454 g/mol. The van der Waals surface area contributed by atoms with Crippen LogP contribution in [0.1, 0.15) is 118 Å². The second-order valence-electron chi connectivity index (χ2n) is 13.9. The molecule has 0 bridgehead atoms. The third-order valence-corrected chi connectivity index (χ3v) is 11.8. The molecule has 8 atom stereocenters. The minimum absolute atomic E-state index is 0.407. The van der Waals surface area contributed by atoms with E-state index in [2.05, 4.69) is 45.6 Å². The fourth-order valence-corrected chi connectivity index (χ4v) is 9.99. The molecule has 1 heterocycles. The molecule has 5 rings (SSSR count). The maximum Gasteiger partial charge on any atom is 0.222 e. The van der Waals surface area contributed by atoms with Crippen LogP contribution in [0, 0.1) is 46.3 Å². The third-order valence-electron chi connectivity index (χ3n) is 11.8. The molecule has 0 aromatic rings. The Hall–Kier alpha value is -0.790. The molecule has 33 heavy (non-hydrogen) atoms. The molecule has 0 spiro atoms. The van der Waals surface area contributed by atoms with E-state index in [4.69, 9.17) is 0 Å². The lowest BCUT2D eigenvalue weighted by Gasteiger charge is -2.59. The first-order chi connectivity index (χ1) is 15.7. The molecule has 5 aliphatic rings. The summed E-state index contributed by atoms with van der Waals surface area (Å²) in [6, 6.07) is 0.493. The van der Waals surface area contributed by atoms with Crippen LogP contribution < -0.4 is 0 Å². The van der Waals surface area contributed by atoms with E-state index in [9.17, 15) is 4.79 Å². The van der Waals surface area contributed by atoms with E-state index in [0.29, 0.717) is 22.8 Å². The predicted octanol–water partition coefficient (Wildman–Crippen LogP) is 8.02. The van der Waals surface area contributed by atoms with Gasteiger partial charge in [-0.2, -0.15) is 0 Å². The van der Waals surface area contributed by atoms with Crippen LogP contribution in [0.15, 0.2) is 11.6 Å². The predicted molar refractivity (Wildman–Crippen MR) is 138 cm³/mol. The second-order valence-corrected chi connectivity index (χ2v) is 13.9. The summed E-state index contributed by atoms with van der Waals surface area (Å²) in [5.74, 6) is 5.87. The summed E-state index contributed by atoms with van der Waals surface area (Å²) in [7, 11) is 0. The Bertz CT molecular complexity index is 769. The van der Waals surface area contributed by atoms with Crippen molar-refractivity contribution in [3.8, 4) is 0 Å². The van der Waals surface area contributed by atoms with E-state index in [1.807, 2.05) is 0 Å². The van der Waals surface area contributed by atoms with Gasteiger partial charge in [0.25, 0.3) is 0 Å². The molecule has 1 aliphatic heterocycles. The van der Waals surface area contributed by atoms with E-state index >= 15 is 0 Å². The zero-order chi connectivity index (χ0) is 23.4. The lowest BCUT2D eigenvalue weighted by molar-refractivity contribution is -0.130. The van der Waals surface area contributed by atoms with Crippen molar-refractivity contribution in [2.75, 3.05) is 6.54 Å². The van der Waals surface area contributed by atoms with Crippen molar-refractivity contribution in [1.82, 2.24) is 4.90 Å². The Morgan fingerprint density at radius 2 is 1.85 bits per heavy atom. The van der Waals surface area contributed by atoms with Gasteiger partial charge in [-0.1, -0.05) is 65.5 Å². The monoisotopic (exact) mass is 453 g/mol. The molecule has 4 fully saturated rings. The minimum atomic E-state index is 0.407. The van der Waals surface area contributed by atoms with Crippen LogP contribution in [0.2, 0.25) is 0 Å². The van der Waals surface area contributed by atoms with Crippen molar-refractivity contribution in [2.24, 2.45) is 46.3 Å². The topological polar surface area (TPSA) is 20.3 Å². The van der Waals surface area contributed by atoms with Crippen LogP contribution in [0.5, 0.6) is 0 Å². The summed E-state index contributed by atoms with van der Waals surface area (Å²) >= 11 is 0. The number of amides is 1. The number of carbonyl (C=O) groups is 1. The van der Waals surface area contributed by atoms with Gasteiger partial charge in [-0.15, -0.1) is 0 Å². The van der Waals surface area contributed by atoms with Gasteiger partial charge in [0, 0.05) is 19.0 Å². The van der Waals surface area contributed by atoms with E-state index in [1.165, 1.54) is 70.6 Å². The molecule has 2 nitrogen and oxygen atoms in total. The molecule has 0 aromatic carbocycles. The molecule has 0 radical (unpaired) electrons. The number of hydrogen-bond donors (Lipinski definition) is 0. The lowest BCUT2D eigenvalue weighted by Crippen LogP contribution is -2.52. The van der Waals surface area contributed by atoms with E-state index < -0.39 is 0 Å². The summed E-state index contributed by atoms with van der Waals surface area (Å²) in [5, 5.41) is 0. The van der Waals surface area contributed by atoms with Crippen LogP contribution in [0.3, 0.4) is 0 Å². The summed E-state index contributed by atoms with van der Waals surface area (Å²) < 4.78 is 0. The van der Waals surface area contributed by atoms with Crippen molar-refractivity contribution in [2.45, 2.75) is 124 Å². The van der Waals surface area contributed by atoms with Gasteiger partial charge in [-0.05, 0) is 104 Å². The normalized spacial score (nSPS) is 43.8. The molecule has 1 amide bonds. The molecular weight excluding hydrogens is 402 g/mol. The lowest BCUT2D eigenvalue weighted by atomic mass is 9.46. The van der Waals surface area contributed by atoms with E-state index in [1.54, 1.807) is 5.57 Å². The fourth-order valence-electron chi connectivity index (χ4n) is 9.99. The molecule has 0 N–H and O–H groups in total. The standard InChI is InChI=1S/C31H51NO/c1-21(2)8-6-9-22(3)26-13-14-27-25-12-11-23-20-24(32-19-7-10-29(32)33)15-17-30(23,4)28(25)16-18-31(26,27)5/h11,21-22,24-28H,6-10,12-20H2,1-5H3. The third kappa shape index (κ3) is 4.04. The van der Waals surface area contributed by atoms with Gasteiger partial charge in [-0.3, -0.25) is 4.79 Å². The zero-order valence-electron chi connectivity index (χ0n) is 22.4. The van der Waals surface area contributed by atoms with Crippen molar-refractivity contribution in [3.63, 3.8) is 0 Å². The number of likely N-dealkylation sites (tertiary alicyclic amines) is 1. The maximum absolute atomic E-state index is 12.4. The zero-order valence-corrected chi connectivity index (χ0v) is 22.4. The Morgan fingerprint density at radius 3 is 2.58 bits per heavy atom. The number of rotatable bonds is 6. The quantitative estimate of drug-likeness (QED) is 0.373. The van der Waals surface area contributed by atoms with Gasteiger partial charge < -0.3 is 4.90 Å². The molecular formula is C31H51NO. The number of fused-ring (bicyclic) bond motifs is 5. The van der Waals surface area contributed by atoms with Gasteiger partial charge in [-0.25, -0.2) is 0 Å². The van der Waals surface area contributed by atoms with Crippen LogP contribution in [0.4, 0.5) is 0 Å². The highest BCUT2D eigenvalue weighted by Crippen LogP contribution is 2.67. The molecule has 1 saturated heterocycles. The largest absolute Gasteiger partial charge is 0.339 e. The Morgan fingerprint density at radius 1 is 1.03 bits per heavy atom. The van der Waals surface area contributed by atoms with Crippen LogP contribution >= 0.6 is 0 Å². The van der Waals surface area contributed by atoms with Crippen molar-refractivity contribution < 1.29 is 4.79 Å². The first-order valence-corrected chi connectivity index (χ1v) is 14.7. The Labute approximate surface area is 204 Å². The molecule has 186 valence electrons. The summed E-state index contributed by atoms with van der Waals surface area (Å²) in [5.41, 5.74) is 2.73. The molecule has 0 aromatic heterocycles. The highest BCUT2D eigenvalue weighted by Gasteiger charge is 2.59.